The second-order valence-electron chi connectivity index (χ2n) is 4.47. The summed E-state index contributed by atoms with van der Waals surface area (Å²) in [6, 6.07) is 18.2. The summed E-state index contributed by atoms with van der Waals surface area (Å²) >= 11 is 3.63. The van der Waals surface area contributed by atoms with Crippen molar-refractivity contribution in [3.63, 3.8) is 0 Å². The third-order valence-electron chi connectivity index (χ3n) is 3.15. The van der Waals surface area contributed by atoms with Crippen molar-refractivity contribution in [3.8, 4) is 11.5 Å². The SMILES string of the molecule is CCC(=C(SC)SC)c1ccc(Oc2ccccc2)cc1. The van der Waals surface area contributed by atoms with Crippen LogP contribution in [0.1, 0.15) is 18.9 Å². The summed E-state index contributed by atoms with van der Waals surface area (Å²) < 4.78 is 7.22. The Labute approximate surface area is 135 Å². The summed E-state index contributed by atoms with van der Waals surface area (Å²) in [6.07, 6.45) is 5.30. The fourth-order valence-corrected chi connectivity index (χ4v) is 3.83. The lowest BCUT2D eigenvalue weighted by Crippen LogP contribution is -1.88. The van der Waals surface area contributed by atoms with Gasteiger partial charge >= 0.3 is 0 Å². The van der Waals surface area contributed by atoms with Crippen LogP contribution in [0.15, 0.2) is 58.8 Å². The third-order valence-corrected chi connectivity index (χ3v) is 5.39. The van der Waals surface area contributed by atoms with Gasteiger partial charge in [-0.25, -0.2) is 0 Å². The largest absolute Gasteiger partial charge is 0.457 e. The molecule has 0 atom stereocenters. The quantitative estimate of drug-likeness (QED) is 0.620. The Balaban J connectivity index is 2.20. The molecule has 2 aromatic rings. The number of thioether (sulfide) groups is 2. The summed E-state index contributed by atoms with van der Waals surface area (Å²) in [5, 5.41) is 0. The van der Waals surface area contributed by atoms with E-state index in [0.29, 0.717) is 0 Å². The molecule has 2 rings (SSSR count). The first-order valence-electron chi connectivity index (χ1n) is 6.93. The standard InChI is InChI=1S/C18H20OS2/c1-4-17(18(20-2)21-3)14-10-12-16(13-11-14)19-15-8-6-5-7-9-15/h5-13H,4H2,1-3H3. The van der Waals surface area contributed by atoms with Crippen molar-refractivity contribution in [3.05, 3.63) is 64.4 Å². The number of hydrogen-bond donors (Lipinski definition) is 0. The molecule has 0 saturated heterocycles. The molecule has 0 saturated carbocycles. The molecule has 0 aliphatic rings. The van der Waals surface area contributed by atoms with E-state index >= 15 is 0 Å². The Morgan fingerprint density at radius 1 is 0.857 bits per heavy atom. The Hall–Kier alpha value is -1.32. The highest BCUT2D eigenvalue weighted by Gasteiger charge is 2.07. The van der Waals surface area contributed by atoms with Gasteiger partial charge in [0.1, 0.15) is 11.5 Å². The molecule has 0 bridgehead atoms. The van der Waals surface area contributed by atoms with Gasteiger partial charge in [-0.1, -0.05) is 37.3 Å². The maximum atomic E-state index is 5.83. The van der Waals surface area contributed by atoms with Crippen LogP contribution in [0.2, 0.25) is 0 Å². The van der Waals surface area contributed by atoms with Crippen molar-refractivity contribution in [1.82, 2.24) is 0 Å². The first-order chi connectivity index (χ1) is 10.3. The molecule has 3 heteroatoms. The second kappa shape index (κ2) is 8.20. The van der Waals surface area contributed by atoms with Crippen LogP contribution in [-0.4, -0.2) is 12.5 Å². The highest BCUT2D eigenvalue weighted by Crippen LogP contribution is 2.35. The van der Waals surface area contributed by atoms with E-state index < -0.39 is 0 Å². The molecule has 0 aliphatic heterocycles. The number of benzene rings is 2. The summed E-state index contributed by atoms with van der Waals surface area (Å²) in [7, 11) is 0. The number of rotatable bonds is 6. The van der Waals surface area contributed by atoms with Gasteiger partial charge in [-0.15, -0.1) is 23.5 Å². The van der Waals surface area contributed by atoms with Crippen LogP contribution in [0.5, 0.6) is 11.5 Å². The summed E-state index contributed by atoms with van der Waals surface area (Å²) in [5.41, 5.74) is 2.68. The van der Waals surface area contributed by atoms with Crippen molar-refractivity contribution in [2.45, 2.75) is 13.3 Å². The van der Waals surface area contributed by atoms with Gasteiger partial charge in [0.25, 0.3) is 0 Å². The fourth-order valence-electron chi connectivity index (χ4n) is 2.14. The molecule has 0 heterocycles. The molecule has 0 aliphatic carbocycles. The van der Waals surface area contributed by atoms with E-state index in [4.69, 9.17) is 4.74 Å². The fraction of sp³-hybridized carbons (Fsp3) is 0.222. The highest BCUT2D eigenvalue weighted by molar-refractivity contribution is 8.21. The van der Waals surface area contributed by atoms with Gasteiger partial charge in [0.15, 0.2) is 0 Å². The minimum atomic E-state index is 0.866. The van der Waals surface area contributed by atoms with Crippen molar-refractivity contribution < 1.29 is 4.74 Å². The first-order valence-corrected chi connectivity index (χ1v) is 9.38. The molecule has 0 N–H and O–H groups in total. The van der Waals surface area contributed by atoms with Crippen LogP contribution in [0.25, 0.3) is 5.57 Å². The van der Waals surface area contributed by atoms with Gasteiger partial charge < -0.3 is 4.74 Å². The predicted molar refractivity (Wildman–Crippen MR) is 97.2 cm³/mol. The summed E-state index contributed by atoms with van der Waals surface area (Å²) in [6.45, 7) is 2.20. The van der Waals surface area contributed by atoms with Gasteiger partial charge in [-0.2, -0.15) is 0 Å². The van der Waals surface area contributed by atoms with Crippen LogP contribution in [0.3, 0.4) is 0 Å². The molecule has 2 aromatic carbocycles. The van der Waals surface area contributed by atoms with E-state index in [9.17, 15) is 0 Å². The molecule has 0 amide bonds. The normalized spacial score (nSPS) is 10.2. The van der Waals surface area contributed by atoms with E-state index in [1.54, 1.807) is 0 Å². The van der Waals surface area contributed by atoms with E-state index in [2.05, 4.69) is 31.6 Å². The highest BCUT2D eigenvalue weighted by atomic mass is 32.2. The first kappa shape index (κ1) is 16.1. The van der Waals surface area contributed by atoms with E-state index in [0.717, 1.165) is 17.9 Å². The van der Waals surface area contributed by atoms with Gasteiger partial charge in [0.05, 0.1) is 0 Å². The molecule has 0 radical (unpaired) electrons. The topological polar surface area (TPSA) is 9.23 Å². The zero-order valence-electron chi connectivity index (χ0n) is 12.6. The van der Waals surface area contributed by atoms with Gasteiger partial charge in [0.2, 0.25) is 0 Å². The van der Waals surface area contributed by atoms with Crippen LogP contribution >= 0.6 is 23.5 Å². The Morgan fingerprint density at radius 3 is 1.95 bits per heavy atom. The summed E-state index contributed by atoms with van der Waals surface area (Å²) in [4.78, 5) is 0. The minimum absolute atomic E-state index is 0.866. The Bertz CT molecular complexity index is 582. The third kappa shape index (κ3) is 4.32. The van der Waals surface area contributed by atoms with Crippen molar-refractivity contribution in [2.75, 3.05) is 12.5 Å². The Morgan fingerprint density at radius 2 is 1.43 bits per heavy atom. The number of ether oxygens (including phenoxy) is 1. The number of allylic oxidation sites excluding steroid dienone is 1. The van der Waals surface area contributed by atoms with E-state index in [-0.39, 0.29) is 0 Å². The molecular formula is C18H20OS2. The van der Waals surface area contributed by atoms with Crippen LogP contribution < -0.4 is 4.74 Å². The number of para-hydroxylation sites is 1. The Kier molecular flexibility index (Phi) is 6.27. The molecule has 110 valence electrons. The molecule has 0 aromatic heterocycles. The lowest BCUT2D eigenvalue weighted by molar-refractivity contribution is 0.482. The maximum Gasteiger partial charge on any atom is 0.127 e. The average molecular weight is 316 g/mol. The molecule has 0 fully saturated rings. The second-order valence-corrected chi connectivity index (χ2v) is 6.36. The van der Waals surface area contributed by atoms with Crippen LogP contribution in [0.4, 0.5) is 0 Å². The molecular weight excluding hydrogens is 296 g/mol. The lowest BCUT2D eigenvalue weighted by atomic mass is 10.1. The molecule has 0 spiro atoms. The summed E-state index contributed by atoms with van der Waals surface area (Å²) in [5.74, 6) is 1.74. The van der Waals surface area contributed by atoms with Gasteiger partial charge in [0, 0.05) is 4.24 Å². The van der Waals surface area contributed by atoms with Crippen LogP contribution in [-0.2, 0) is 0 Å². The van der Waals surface area contributed by atoms with Crippen molar-refractivity contribution in [2.24, 2.45) is 0 Å². The van der Waals surface area contributed by atoms with E-state index in [1.807, 2.05) is 66.0 Å². The maximum absolute atomic E-state index is 5.83. The van der Waals surface area contributed by atoms with Gasteiger partial charge in [-0.3, -0.25) is 0 Å². The average Bonchev–Trinajstić information content (AvgIpc) is 2.54. The predicted octanol–water partition coefficient (Wildman–Crippen LogP) is 6.28. The van der Waals surface area contributed by atoms with Crippen molar-refractivity contribution in [1.29, 1.82) is 0 Å². The van der Waals surface area contributed by atoms with Gasteiger partial charge in [-0.05, 0) is 54.3 Å². The smallest absolute Gasteiger partial charge is 0.127 e. The van der Waals surface area contributed by atoms with Crippen molar-refractivity contribution >= 4 is 29.1 Å². The lowest BCUT2D eigenvalue weighted by Gasteiger charge is -2.12. The molecule has 21 heavy (non-hydrogen) atoms. The molecule has 1 nitrogen and oxygen atoms in total. The monoisotopic (exact) mass is 316 g/mol. The zero-order chi connectivity index (χ0) is 15.1. The van der Waals surface area contributed by atoms with E-state index in [1.165, 1.54) is 15.4 Å². The minimum Gasteiger partial charge on any atom is -0.457 e. The van der Waals surface area contributed by atoms with Crippen LogP contribution in [0, 0.1) is 0 Å². The molecule has 0 unspecified atom stereocenters. The number of hydrogen-bond acceptors (Lipinski definition) is 3. The zero-order valence-corrected chi connectivity index (χ0v) is 14.3.